The molecule has 0 spiro atoms. The molecule has 3 aromatic rings. The minimum atomic E-state index is -0.615. The van der Waals surface area contributed by atoms with Gasteiger partial charge in [0.2, 0.25) is 5.91 Å². The van der Waals surface area contributed by atoms with Crippen LogP contribution in [0.4, 0.5) is 11.4 Å². The molecule has 136 valence electrons. The van der Waals surface area contributed by atoms with Crippen LogP contribution in [0, 0.1) is 0 Å². The zero-order chi connectivity index (χ0) is 18.8. The lowest BCUT2D eigenvalue weighted by atomic mass is 9.86. The largest absolute Gasteiger partial charge is 0.325 e. The van der Waals surface area contributed by atoms with E-state index in [2.05, 4.69) is 15.6 Å². The van der Waals surface area contributed by atoms with Crippen molar-refractivity contribution in [3.8, 4) is 0 Å². The Morgan fingerprint density at radius 1 is 1.26 bits per heavy atom. The molecule has 2 N–H and O–H groups in total. The summed E-state index contributed by atoms with van der Waals surface area (Å²) in [6.45, 7) is 3.76. The molecule has 1 aromatic carbocycles. The van der Waals surface area contributed by atoms with Gasteiger partial charge in [-0.15, -0.1) is 0 Å². The standard InChI is InChI=1S/C21H20N4O2/c1-21(2)14-11-13(8-9-15(14)23-20(21)27)22-19(26)17-16-5-3-4-10-25(16)18(24-17)12-6-7-12/h3-5,8-12H,6-7H2,1-2H3,(H,22,26)(H,23,27). The number of fused-ring (bicyclic) bond motifs is 2. The van der Waals surface area contributed by atoms with E-state index >= 15 is 0 Å². The molecule has 2 amide bonds. The topological polar surface area (TPSA) is 75.5 Å². The van der Waals surface area contributed by atoms with Gasteiger partial charge in [-0.25, -0.2) is 4.98 Å². The Kier molecular flexibility index (Phi) is 3.22. The first-order valence-electron chi connectivity index (χ1n) is 9.19. The Bertz CT molecular complexity index is 1110. The third-order valence-corrected chi connectivity index (χ3v) is 5.50. The number of imidazole rings is 1. The van der Waals surface area contributed by atoms with E-state index in [0.717, 1.165) is 35.4 Å². The molecule has 6 nitrogen and oxygen atoms in total. The number of carbonyl (C=O) groups excluding carboxylic acids is 2. The molecule has 1 fully saturated rings. The third-order valence-electron chi connectivity index (χ3n) is 5.50. The minimum absolute atomic E-state index is 0.0323. The summed E-state index contributed by atoms with van der Waals surface area (Å²) in [5.41, 5.74) is 2.98. The van der Waals surface area contributed by atoms with E-state index in [1.165, 1.54) is 0 Å². The number of nitrogens with one attached hydrogen (secondary N) is 2. The van der Waals surface area contributed by atoms with Crippen LogP contribution in [0.3, 0.4) is 0 Å². The van der Waals surface area contributed by atoms with Gasteiger partial charge >= 0.3 is 0 Å². The van der Waals surface area contributed by atoms with E-state index in [1.54, 1.807) is 6.07 Å². The molecule has 27 heavy (non-hydrogen) atoms. The van der Waals surface area contributed by atoms with Gasteiger partial charge in [-0.3, -0.25) is 9.59 Å². The maximum Gasteiger partial charge on any atom is 0.276 e. The molecule has 1 aliphatic carbocycles. The average molecular weight is 360 g/mol. The number of aromatic nitrogens is 2. The molecule has 1 saturated carbocycles. The molecule has 0 bridgehead atoms. The highest BCUT2D eigenvalue weighted by Crippen LogP contribution is 2.40. The van der Waals surface area contributed by atoms with Crippen molar-refractivity contribution in [1.29, 1.82) is 0 Å². The lowest BCUT2D eigenvalue weighted by molar-refractivity contribution is -0.119. The monoisotopic (exact) mass is 360 g/mol. The number of nitrogens with zero attached hydrogens (tertiary/aromatic N) is 2. The van der Waals surface area contributed by atoms with E-state index in [9.17, 15) is 9.59 Å². The van der Waals surface area contributed by atoms with E-state index in [4.69, 9.17) is 0 Å². The second kappa shape index (κ2) is 5.42. The quantitative estimate of drug-likeness (QED) is 0.748. The SMILES string of the molecule is CC1(C)C(=O)Nc2ccc(NC(=O)c3nc(C4CC4)n4ccccc34)cc21. The van der Waals surface area contributed by atoms with E-state index in [1.807, 2.05) is 54.8 Å². The summed E-state index contributed by atoms with van der Waals surface area (Å²) in [6, 6.07) is 11.3. The van der Waals surface area contributed by atoms with Crippen molar-refractivity contribution < 1.29 is 9.59 Å². The first kappa shape index (κ1) is 16.1. The normalized spacial score (nSPS) is 17.6. The van der Waals surface area contributed by atoms with Crippen LogP contribution < -0.4 is 10.6 Å². The second-order valence-corrected chi connectivity index (χ2v) is 7.84. The van der Waals surface area contributed by atoms with Crippen LogP contribution >= 0.6 is 0 Å². The molecular weight excluding hydrogens is 340 g/mol. The van der Waals surface area contributed by atoms with Gasteiger partial charge in [-0.2, -0.15) is 0 Å². The summed E-state index contributed by atoms with van der Waals surface area (Å²) < 4.78 is 2.01. The van der Waals surface area contributed by atoms with Crippen LogP contribution in [-0.2, 0) is 10.2 Å². The predicted molar refractivity (Wildman–Crippen MR) is 103 cm³/mol. The van der Waals surface area contributed by atoms with E-state index < -0.39 is 5.41 Å². The van der Waals surface area contributed by atoms with Crippen LogP contribution in [0.1, 0.15) is 54.5 Å². The van der Waals surface area contributed by atoms with Gasteiger partial charge in [-0.05, 0) is 62.6 Å². The van der Waals surface area contributed by atoms with Gasteiger partial charge in [0.25, 0.3) is 5.91 Å². The highest BCUT2D eigenvalue weighted by Gasteiger charge is 2.38. The van der Waals surface area contributed by atoms with Gasteiger partial charge in [0.15, 0.2) is 5.69 Å². The van der Waals surface area contributed by atoms with Gasteiger partial charge in [0.1, 0.15) is 5.82 Å². The van der Waals surface area contributed by atoms with Crippen LogP contribution in [-0.4, -0.2) is 21.2 Å². The lowest BCUT2D eigenvalue weighted by Gasteiger charge is -2.16. The summed E-state index contributed by atoms with van der Waals surface area (Å²) in [5.74, 6) is 1.13. The van der Waals surface area contributed by atoms with Crippen molar-refractivity contribution in [2.24, 2.45) is 0 Å². The van der Waals surface area contributed by atoms with Crippen molar-refractivity contribution in [3.05, 3.63) is 59.7 Å². The number of rotatable bonds is 3. The number of carbonyl (C=O) groups is 2. The smallest absolute Gasteiger partial charge is 0.276 e. The Morgan fingerprint density at radius 3 is 2.85 bits per heavy atom. The van der Waals surface area contributed by atoms with Crippen molar-refractivity contribution in [1.82, 2.24) is 9.38 Å². The third kappa shape index (κ3) is 2.44. The Morgan fingerprint density at radius 2 is 2.07 bits per heavy atom. The highest BCUT2D eigenvalue weighted by molar-refractivity contribution is 6.09. The summed E-state index contributed by atoms with van der Waals surface area (Å²) in [5, 5.41) is 5.83. The fourth-order valence-corrected chi connectivity index (χ4v) is 3.70. The highest BCUT2D eigenvalue weighted by atomic mass is 16.2. The van der Waals surface area contributed by atoms with Crippen molar-refractivity contribution in [2.45, 2.75) is 38.0 Å². The molecule has 0 saturated heterocycles. The van der Waals surface area contributed by atoms with Gasteiger partial charge in [0.05, 0.1) is 10.9 Å². The predicted octanol–water partition coefficient (Wildman–Crippen LogP) is 3.69. The first-order valence-corrected chi connectivity index (χ1v) is 9.19. The summed E-state index contributed by atoms with van der Waals surface area (Å²) in [4.78, 5) is 29.7. The van der Waals surface area contributed by atoms with Crippen molar-refractivity contribution in [2.75, 3.05) is 10.6 Å². The minimum Gasteiger partial charge on any atom is -0.325 e. The maximum absolute atomic E-state index is 12.9. The van der Waals surface area contributed by atoms with Gasteiger partial charge < -0.3 is 15.0 Å². The molecule has 2 aliphatic rings. The molecule has 5 rings (SSSR count). The molecule has 1 aliphatic heterocycles. The Hall–Kier alpha value is -3.15. The lowest BCUT2D eigenvalue weighted by Crippen LogP contribution is -2.26. The van der Waals surface area contributed by atoms with Crippen LogP contribution in [0.15, 0.2) is 42.6 Å². The fourth-order valence-electron chi connectivity index (χ4n) is 3.70. The summed E-state index contributed by atoms with van der Waals surface area (Å²) in [6.07, 6.45) is 4.20. The van der Waals surface area contributed by atoms with Crippen LogP contribution in [0.2, 0.25) is 0 Å². The zero-order valence-electron chi connectivity index (χ0n) is 15.2. The molecule has 6 heteroatoms. The number of hydrogen-bond donors (Lipinski definition) is 2. The molecule has 0 atom stereocenters. The molecule has 3 heterocycles. The summed E-state index contributed by atoms with van der Waals surface area (Å²) >= 11 is 0. The van der Waals surface area contributed by atoms with Crippen LogP contribution in [0.25, 0.3) is 5.52 Å². The second-order valence-electron chi connectivity index (χ2n) is 7.84. The molecule has 0 radical (unpaired) electrons. The molecule has 0 unspecified atom stereocenters. The average Bonchev–Trinajstić information content (AvgIpc) is 3.38. The Labute approximate surface area is 156 Å². The van der Waals surface area contributed by atoms with Gasteiger partial charge in [-0.1, -0.05) is 6.07 Å². The fraction of sp³-hybridized carbons (Fsp3) is 0.286. The van der Waals surface area contributed by atoms with E-state index in [-0.39, 0.29) is 11.8 Å². The maximum atomic E-state index is 12.9. The van der Waals surface area contributed by atoms with E-state index in [0.29, 0.717) is 17.3 Å². The molecular formula is C21H20N4O2. The first-order chi connectivity index (χ1) is 12.9. The number of anilines is 2. The zero-order valence-corrected chi connectivity index (χ0v) is 15.2. The van der Waals surface area contributed by atoms with Crippen molar-refractivity contribution in [3.63, 3.8) is 0 Å². The number of pyridine rings is 1. The summed E-state index contributed by atoms with van der Waals surface area (Å²) in [7, 11) is 0. The van der Waals surface area contributed by atoms with Crippen molar-refractivity contribution >= 4 is 28.7 Å². The van der Waals surface area contributed by atoms with Gasteiger partial charge in [0, 0.05) is 23.5 Å². The number of hydrogen-bond acceptors (Lipinski definition) is 3. The number of benzene rings is 1. The molecule has 2 aromatic heterocycles. The Balaban J connectivity index is 1.50. The number of amides is 2. The van der Waals surface area contributed by atoms with Crippen LogP contribution in [0.5, 0.6) is 0 Å².